The molecule has 0 saturated carbocycles. The summed E-state index contributed by atoms with van der Waals surface area (Å²) in [5, 5.41) is 0. The Morgan fingerprint density at radius 3 is 2.86 bits per heavy atom. The van der Waals surface area contributed by atoms with Crippen molar-refractivity contribution in [3.05, 3.63) is 35.7 Å². The smallest absolute Gasteiger partial charge is 0.166 e. The molecule has 0 amide bonds. The van der Waals surface area contributed by atoms with Crippen LogP contribution in [0.2, 0.25) is 0 Å². The Morgan fingerprint density at radius 2 is 2.05 bits per heavy atom. The van der Waals surface area contributed by atoms with Gasteiger partial charge in [0.2, 0.25) is 0 Å². The molecule has 0 radical (unpaired) electrons. The fraction of sp³-hybridized carbons (Fsp3) is 0.250. The van der Waals surface area contributed by atoms with Gasteiger partial charge < -0.3 is 10.3 Å². The topological polar surface area (TPSA) is 86.7 Å². The summed E-state index contributed by atoms with van der Waals surface area (Å²) in [6.45, 7) is 2.79. The van der Waals surface area contributed by atoms with E-state index in [2.05, 4.69) is 15.0 Å². The van der Waals surface area contributed by atoms with Crippen molar-refractivity contribution >= 4 is 22.8 Å². The third kappa shape index (κ3) is 1.73. The lowest BCUT2D eigenvalue weighted by Crippen LogP contribution is -2.02. The summed E-state index contributed by atoms with van der Waals surface area (Å²) in [6.07, 6.45) is 3.01. The van der Waals surface area contributed by atoms with Gasteiger partial charge in [0.1, 0.15) is 5.52 Å². The predicted octanol–water partition coefficient (Wildman–Crippen LogP) is 2.22. The van der Waals surface area contributed by atoms with Gasteiger partial charge in [-0.1, -0.05) is 18.2 Å². The molecule has 1 aromatic carbocycles. The van der Waals surface area contributed by atoms with Crippen molar-refractivity contribution in [2.45, 2.75) is 26.3 Å². The van der Waals surface area contributed by atoms with Gasteiger partial charge in [0.15, 0.2) is 23.1 Å². The largest absolute Gasteiger partial charge is 0.382 e. The lowest BCUT2D eigenvalue weighted by Gasteiger charge is -2.08. The number of ketones is 1. The van der Waals surface area contributed by atoms with Crippen molar-refractivity contribution in [2.24, 2.45) is 0 Å². The number of nitrogens with two attached hydrogens (primary N) is 1. The number of rotatable bonds is 2. The van der Waals surface area contributed by atoms with E-state index < -0.39 is 0 Å². The van der Waals surface area contributed by atoms with Crippen LogP contribution in [0.4, 0.5) is 5.82 Å². The van der Waals surface area contributed by atoms with Crippen LogP contribution in [0.15, 0.2) is 24.5 Å². The van der Waals surface area contributed by atoms with Gasteiger partial charge in [-0.2, -0.15) is 0 Å². The maximum atomic E-state index is 11.9. The Labute approximate surface area is 127 Å². The number of carbonyl (C=O) groups excluding carboxylic acids is 1. The predicted molar refractivity (Wildman–Crippen MR) is 83.5 cm³/mol. The zero-order valence-corrected chi connectivity index (χ0v) is 12.2. The van der Waals surface area contributed by atoms with E-state index in [0.29, 0.717) is 23.6 Å². The molecule has 0 atom stereocenters. The van der Waals surface area contributed by atoms with Gasteiger partial charge in [0, 0.05) is 24.1 Å². The van der Waals surface area contributed by atoms with Crippen LogP contribution < -0.4 is 5.73 Å². The number of fused-ring (bicyclic) bond motifs is 2. The lowest BCUT2D eigenvalue weighted by atomic mass is 10.0. The Balaban J connectivity index is 1.98. The number of carbonyl (C=O) groups is 1. The molecule has 2 aromatic heterocycles. The quantitative estimate of drug-likeness (QED) is 0.783. The summed E-state index contributed by atoms with van der Waals surface area (Å²) in [4.78, 5) is 25.2. The molecule has 3 aromatic rings. The lowest BCUT2D eigenvalue weighted by molar-refractivity contribution is 0.0994. The first-order valence-electron chi connectivity index (χ1n) is 7.33. The van der Waals surface area contributed by atoms with Crippen molar-refractivity contribution in [3.63, 3.8) is 0 Å². The fourth-order valence-electron chi connectivity index (χ4n) is 3.02. The molecule has 2 heterocycles. The van der Waals surface area contributed by atoms with Crippen LogP contribution in [0.1, 0.15) is 29.3 Å². The van der Waals surface area contributed by atoms with E-state index in [-0.39, 0.29) is 5.78 Å². The highest BCUT2D eigenvalue weighted by Crippen LogP contribution is 2.32. The minimum absolute atomic E-state index is 0.185. The summed E-state index contributed by atoms with van der Waals surface area (Å²) in [7, 11) is 0. The monoisotopic (exact) mass is 293 g/mol. The highest BCUT2D eigenvalue weighted by molar-refractivity contribution is 6.02. The molecular weight excluding hydrogens is 278 g/mol. The van der Waals surface area contributed by atoms with Gasteiger partial charge in [-0.3, -0.25) is 4.79 Å². The third-order valence-electron chi connectivity index (χ3n) is 4.15. The van der Waals surface area contributed by atoms with Crippen LogP contribution in [0.25, 0.3) is 22.6 Å². The van der Waals surface area contributed by atoms with E-state index in [4.69, 9.17) is 5.73 Å². The molecule has 1 aliphatic carbocycles. The molecule has 0 fully saturated rings. The first-order valence-corrected chi connectivity index (χ1v) is 7.33. The Morgan fingerprint density at radius 1 is 1.23 bits per heavy atom. The van der Waals surface area contributed by atoms with Crippen LogP contribution in [-0.4, -0.2) is 25.3 Å². The molecule has 0 spiro atoms. The van der Waals surface area contributed by atoms with Crippen LogP contribution in [0, 0.1) is 0 Å². The van der Waals surface area contributed by atoms with Crippen molar-refractivity contribution in [1.29, 1.82) is 0 Å². The van der Waals surface area contributed by atoms with Crippen LogP contribution in [0.3, 0.4) is 0 Å². The molecule has 4 rings (SSSR count). The summed E-state index contributed by atoms with van der Waals surface area (Å²) in [5.41, 5.74) is 10.1. The molecule has 1 aliphatic rings. The van der Waals surface area contributed by atoms with E-state index in [0.717, 1.165) is 35.3 Å². The molecule has 110 valence electrons. The Kier molecular flexibility index (Phi) is 2.72. The molecule has 0 aliphatic heterocycles. The highest BCUT2D eigenvalue weighted by Gasteiger charge is 2.24. The number of nitrogen functional groups attached to an aromatic ring is 1. The Hall–Kier alpha value is -2.76. The maximum Gasteiger partial charge on any atom is 0.166 e. The van der Waals surface area contributed by atoms with Gasteiger partial charge in [-0.05, 0) is 18.9 Å². The summed E-state index contributed by atoms with van der Waals surface area (Å²) >= 11 is 0. The number of Topliss-reactive ketones (excluding diaryl/α,β-unsaturated/α-hetero) is 1. The number of benzene rings is 1. The Bertz CT molecular complexity index is 912. The molecule has 0 unspecified atom stereocenters. The number of aryl methyl sites for hydroxylation is 1. The number of aromatic nitrogens is 4. The van der Waals surface area contributed by atoms with Crippen LogP contribution in [-0.2, 0) is 13.0 Å². The molecular formula is C16H15N5O. The fourth-order valence-corrected chi connectivity index (χ4v) is 3.02. The first-order chi connectivity index (χ1) is 10.7. The molecule has 22 heavy (non-hydrogen) atoms. The van der Waals surface area contributed by atoms with Gasteiger partial charge in [-0.15, -0.1) is 0 Å². The minimum atomic E-state index is 0.185. The zero-order chi connectivity index (χ0) is 15.3. The van der Waals surface area contributed by atoms with Crippen molar-refractivity contribution in [1.82, 2.24) is 19.5 Å². The van der Waals surface area contributed by atoms with Crippen molar-refractivity contribution < 1.29 is 4.79 Å². The van der Waals surface area contributed by atoms with Gasteiger partial charge in [0.25, 0.3) is 0 Å². The summed E-state index contributed by atoms with van der Waals surface area (Å²) < 4.78 is 1.94. The third-order valence-corrected chi connectivity index (χ3v) is 4.15. The second-order valence-electron chi connectivity index (χ2n) is 5.39. The van der Waals surface area contributed by atoms with Crippen molar-refractivity contribution in [3.8, 4) is 11.4 Å². The number of hydrogen-bond acceptors (Lipinski definition) is 5. The standard InChI is InChI=1S/C16H15N5O/c1-2-21-8-18-13-14(17)19-15(20-16(13)21)11-5-3-4-10-9(11)6-7-12(10)22/h3-5,8H,2,6-7H2,1H3,(H2,17,19,20). The second kappa shape index (κ2) is 4.62. The average Bonchev–Trinajstić information content (AvgIpc) is 3.11. The molecule has 0 saturated heterocycles. The van der Waals surface area contributed by atoms with Gasteiger partial charge in [0.05, 0.1) is 6.33 Å². The summed E-state index contributed by atoms with van der Waals surface area (Å²) in [5.74, 6) is 1.12. The van der Waals surface area contributed by atoms with E-state index in [9.17, 15) is 4.79 Å². The molecule has 6 nitrogen and oxygen atoms in total. The molecule has 2 N–H and O–H groups in total. The van der Waals surface area contributed by atoms with E-state index in [1.807, 2.05) is 29.7 Å². The average molecular weight is 293 g/mol. The van der Waals surface area contributed by atoms with E-state index in [1.165, 1.54) is 0 Å². The van der Waals surface area contributed by atoms with Crippen molar-refractivity contribution in [2.75, 3.05) is 5.73 Å². The van der Waals surface area contributed by atoms with Gasteiger partial charge in [-0.25, -0.2) is 15.0 Å². The zero-order valence-electron chi connectivity index (χ0n) is 12.2. The maximum absolute atomic E-state index is 11.9. The summed E-state index contributed by atoms with van der Waals surface area (Å²) in [6, 6.07) is 5.69. The van der Waals surface area contributed by atoms with Gasteiger partial charge >= 0.3 is 0 Å². The van der Waals surface area contributed by atoms with E-state index >= 15 is 0 Å². The number of imidazole rings is 1. The SMILES string of the molecule is CCn1cnc2c(N)nc(-c3cccc4c3CCC4=O)nc21. The van der Waals surface area contributed by atoms with E-state index in [1.54, 1.807) is 6.33 Å². The molecule has 0 bridgehead atoms. The number of anilines is 1. The van der Waals surface area contributed by atoms with Crippen LogP contribution >= 0.6 is 0 Å². The first kappa shape index (κ1) is 12.9. The molecule has 6 heteroatoms. The minimum Gasteiger partial charge on any atom is -0.382 e. The normalized spacial score (nSPS) is 13.8. The highest BCUT2D eigenvalue weighted by atomic mass is 16.1. The number of hydrogen-bond donors (Lipinski definition) is 1. The second-order valence-corrected chi connectivity index (χ2v) is 5.39. The van der Waals surface area contributed by atoms with Crippen LogP contribution in [0.5, 0.6) is 0 Å². The number of nitrogens with zero attached hydrogens (tertiary/aromatic N) is 4.